The van der Waals surface area contributed by atoms with Gasteiger partial charge in [-0.1, -0.05) is 71.4 Å². The minimum absolute atomic E-state index is 0.302. The molecular weight excluding hydrogens is 204 g/mol. The molecule has 2 atom stereocenters. The Morgan fingerprint density at radius 2 is 1.88 bits per heavy atom. The van der Waals surface area contributed by atoms with Crippen LogP contribution in [0.1, 0.15) is 53.9 Å². The highest BCUT2D eigenvalue weighted by molar-refractivity contribution is 5.31. The van der Waals surface area contributed by atoms with Crippen LogP contribution in [0.15, 0.2) is 36.0 Å². The molecule has 1 aliphatic carbocycles. The topological polar surface area (TPSA) is 0 Å². The first-order chi connectivity index (χ1) is 8.03. The minimum atomic E-state index is 0.302. The zero-order valence-corrected chi connectivity index (χ0v) is 12.2. The SMILES string of the molecule is CCC(C)C(C)(C1=CCCC=CC=C1)C(C)C. The molecule has 0 aromatic heterocycles. The molecule has 0 amide bonds. The van der Waals surface area contributed by atoms with E-state index in [9.17, 15) is 0 Å². The quantitative estimate of drug-likeness (QED) is 0.598. The molecule has 0 bridgehead atoms. The predicted molar refractivity (Wildman–Crippen MR) is 78.0 cm³/mol. The summed E-state index contributed by atoms with van der Waals surface area (Å²) in [7, 11) is 0. The van der Waals surface area contributed by atoms with Gasteiger partial charge in [-0.2, -0.15) is 0 Å². The lowest BCUT2D eigenvalue weighted by molar-refractivity contribution is 0.174. The maximum atomic E-state index is 2.45. The Morgan fingerprint density at radius 1 is 1.18 bits per heavy atom. The average Bonchev–Trinajstić information content (AvgIpc) is 2.26. The highest BCUT2D eigenvalue weighted by atomic mass is 14.4. The molecule has 17 heavy (non-hydrogen) atoms. The summed E-state index contributed by atoms with van der Waals surface area (Å²) in [5.41, 5.74) is 1.84. The van der Waals surface area contributed by atoms with Gasteiger partial charge in [0.1, 0.15) is 0 Å². The number of allylic oxidation sites excluding steroid dienone is 6. The largest absolute Gasteiger partial charge is 0.0842 e. The van der Waals surface area contributed by atoms with Crippen molar-refractivity contribution in [3.05, 3.63) is 36.0 Å². The van der Waals surface area contributed by atoms with E-state index >= 15 is 0 Å². The lowest BCUT2D eigenvalue weighted by Gasteiger charge is -2.41. The van der Waals surface area contributed by atoms with E-state index in [1.54, 1.807) is 0 Å². The summed E-state index contributed by atoms with van der Waals surface area (Å²) in [6.07, 6.45) is 15.0. The summed E-state index contributed by atoms with van der Waals surface area (Å²) >= 11 is 0. The van der Waals surface area contributed by atoms with Gasteiger partial charge in [-0.15, -0.1) is 0 Å². The van der Waals surface area contributed by atoms with Crippen molar-refractivity contribution in [3.63, 3.8) is 0 Å². The molecule has 0 fully saturated rings. The summed E-state index contributed by atoms with van der Waals surface area (Å²) in [4.78, 5) is 0. The molecule has 0 saturated carbocycles. The molecular formula is C17H28. The van der Waals surface area contributed by atoms with Crippen molar-refractivity contribution < 1.29 is 0 Å². The van der Waals surface area contributed by atoms with Gasteiger partial charge in [0.25, 0.3) is 0 Å². The average molecular weight is 232 g/mol. The van der Waals surface area contributed by atoms with Crippen molar-refractivity contribution >= 4 is 0 Å². The van der Waals surface area contributed by atoms with Crippen LogP contribution in [0.5, 0.6) is 0 Å². The van der Waals surface area contributed by atoms with E-state index in [2.05, 4.69) is 65.0 Å². The second kappa shape index (κ2) is 6.23. The highest BCUT2D eigenvalue weighted by Gasteiger charge is 2.35. The van der Waals surface area contributed by atoms with Gasteiger partial charge in [0.2, 0.25) is 0 Å². The van der Waals surface area contributed by atoms with E-state index in [-0.39, 0.29) is 0 Å². The summed E-state index contributed by atoms with van der Waals surface area (Å²) in [5, 5.41) is 0. The van der Waals surface area contributed by atoms with E-state index in [0.717, 1.165) is 5.92 Å². The van der Waals surface area contributed by atoms with Crippen molar-refractivity contribution in [1.29, 1.82) is 0 Å². The molecule has 2 unspecified atom stereocenters. The fourth-order valence-electron chi connectivity index (χ4n) is 2.75. The van der Waals surface area contributed by atoms with Gasteiger partial charge in [0.05, 0.1) is 0 Å². The molecule has 0 heteroatoms. The first-order valence-electron chi connectivity index (χ1n) is 7.07. The molecule has 1 rings (SSSR count). The van der Waals surface area contributed by atoms with Crippen molar-refractivity contribution in [2.24, 2.45) is 17.3 Å². The van der Waals surface area contributed by atoms with Crippen molar-refractivity contribution in [1.82, 2.24) is 0 Å². The third-order valence-electron chi connectivity index (χ3n) is 4.68. The van der Waals surface area contributed by atoms with Crippen LogP contribution in [0.2, 0.25) is 0 Å². The number of hydrogen-bond donors (Lipinski definition) is 0. The Kier molecular flexibility index (Phi) is 5.24. The van der Waals surface area contributed by atoms with E-state index in [1.807, 2.05) is 0 Å². The van der Waals surface area contributed by atoms with Crippen molar-refractivity contribution in [2.75, 3.05) is 0 Å². The van der Waals surface area contributed by atoms with E-state index in [0.29, 0.717) is 11.3 Å². The van der Waals surface area contributed by atoms with E-state index in [4.69, 9.17) is 0 Å². The van der Waals surface area contributed by atoms with Gasteiger partial charge in [-0.25, -0.2) is 0 Å². The van der Waals surface area contributed by atoms with Crippen LogP contribution in [0.25, 0.3) is 0 Å². The molecule has 0 spiro atoms. The molecule has 0 radical (unpaired) electrons. The molecule has 1 aliphatic rings. The van der Waals surface area contributed by atoms with Crippen LogP contribution in [-0.2, 0) is 0 Å². The lowest BCUT2D eigenvalue weighted by Crippen LogP contribution is -2.32. The van der Waals surface area contributed by atoms with Crippen LogP contribution >= 0.6 is 0 Å². The van der Waals surface area contributed by atoms with E-state index < -0.39 is 0 Å². The first kappa shape index (κ1) is 14.3. The van der Waals surface area contributed by atoms with Gasteiger partial charge < -0.3 is 0 Å². The first-order valence-corrected chi connectivity index (χ1v) is 7.07. The fourth-order valence-corrected chi connectivity index (χ4v) is 2.75. The fraction of sp³-hybridized carbons (Fsp3) is 0.647. The van der Waals surface area contributed by atoms with Gasteiger partial charge in [0, 0.05) is 0 Å². The molecule has 0 heterocycles. The summed E-state index contributed by atoms with van der Waals surface area (Å²) in [6, 6.07) is 0. The Balaban J connectivity index is 3.09. The monoisotopic (exact) mass is 232 g/mol. The van der Waals surface area contributed by atoms with Gasteiger partial charge in [-0.05, 0) is 35.7 Å². The Hall–Kier alpha value is -0.780. The summed E-state index contributed by atoms with van der Waals surface area (Å²) < 4.78 is 0. The third-order valence-corrected chi connectivity index (χ3v) is 4.68. The molecule has 0 N–H and O–H groups in total. The minimum Gasteiger partial charge on any atom is -0.0842 e. The number of rotatable bonds is 4. The molecule has 0 aromatic carbocycles. The third kappa shape index (κ3) is 3.12. The Morgan fingerprint density at radius 3 is 2.47 bits per heavy atom. The van der Waals surface area contributed by atoms with Crippen LogP contribution in [0.3, 0.4) is 0 Å². The smallest absolute Gasteiger partial charge is 0.00299 e. The van der Waals surface area contributed by atoms with Crippen LogP contribution in [-0.4, -0.2) is 0 Å². The van der Waals surface area contributed by atoms with Gasteiger partial charge >= 0.3 is 0 Å². The molecule has 0 nitrogen and oxygen atoms in total. The lowest BCUT2D eigenvalue weighted by atomic mass is 9.63. The predicted octanol–water partition coefficient (Wildman–Crippen LogP) is 5.53. The normalized spacial score (nSPS) is 21.6. The van der Waals surface area contributed by atoms with Crippen molar-refractivity contribution in [2.45, 2.75) is 53.9 Å². The van der Waals surface area contributed by atoms with Crippen LogP contribution in [0.4, 0.5) is 0 Å². The second-order valence-electron chi connectivity index (χ2n) is 5.77. The Bertz CT molecular complexity index is 317. The van der Waals surface area contributed by atoms with Crippen LogP contribution in [0, 0.1) is 17.3 Å². The summed E-state index contributed by atoms with van der Waals surface area (Å²) in [6.45, 7) is 11.8. The van der Waals surface area contributed by atoms with Crippen molar-refractivity contribution in [3.8, 4) is 0 Å². The van der Waals surface area contributed by atoms with E-state index in [1.165, 1.54) is 24.8 Å². The maximum Gasteiger partial charge on any atom is -0.00299 e. The molecule has 0 saturated heterocycles. The maximum absolute atomic E-state index is 2.45. The second-order valence-corrected chi connectivity index (χ2v) is 5.77. The zero-order valence-electron chi connectivity index (χ0n) is 12.2. The number of hydrogen-bond acceptors (Lipinski definition) is 0. The van der Waals surface area contributed by atoms with Gasteiger partial charge in [-0.3, -0.25) is 0 Å². The highest BCUT2D eigenvalue weighted by Crippen LogP contribution is 2.44. The zero-order chi connectivity index (χ0) is 12.9. The molecule has 96 valence electrons. The standard InChI is InChI=1S/C17H28/c1-6-15(4)17(5,14(2)3)16-12-10-8-7-9-11-13-16/h7-8,10,12-15H,6,9,11H2,1-5H3. The Labute approximate surface area is 108 Å². The molecule has 0 aliphatic heterocycles. The van der Waals surface area contributed by atoms with Gasteiger partial charge in [0.15, 0.2) is 0 Å². The summed E-state index contributed by atoms with van der Waals surface area (Å²) in [5.74, 6) is 1.40. The van der Waals surface area contributed by atoms with Crippen LogP contribution < -0.4 is 0 Å². The molecule has 0 aromatic rings.